The summed E-state index contributed by atoms with van der Waals surface area (Å²) in [6, 6.07) is 18.0. The lowest BCUT2D eigenvalue weighted by Gasteiger charge is -2.36. The van der Waals surface area contributed by atoms with E-state index in [4.69, 9.17) is 0 Å². The van der Waals surface area contributed by atoms with E-state index < -0.39 is 25.0 Å². The molecular weight excluding hydrogens is 331 g/mol. The van der Waals surface area contributed by atoms with Crippen molar-refractivity contribution < 1.29 is 14.8 Å². The molecule has 0 bridgehead atoms. The van der Waals surface area contributed by atoms with Crippen LogP contribution in [-0.4, -0.2) is 28.1 Å². The van der Waals surface area contributed by atoms with E-state index in [1.165, 1.54) is 0 Å². The van der Waals surface area contributed by atoms with Crippen molar-refractivity contribution in [1.29, 1.82) is 0 Å². The van der Waals surface area contributed by atoms with E-state index in [0.717, 1.165) is 0 Å². The van der Waals surface area contributed by atoms with Crippen LogP contribution in [0.2, 0.25) is 0 Å². The summed E-state index contributed by atoms with van der Waals surface area (Å²) in [5.41, 5.74) is -0.0397. The number of rotatable bonds is 7. The molecule has 132 valence electrons. The van der Waals surface area contributed by atoms with Crippen LogP contribution >= 0.6 is 7.14 Å². The van der Waals surface area contributed by atoms with Gasteiger partial charge >= 0.3 is 0 Å². The molecule has 0 aromatic heterocycles. The van der Waals surface area contributed by atoms with Crippen LogP contribution in [0, 0.1) is 0 Å². The summed E-state index contributed by atoms with van der Waals surface area (Å²) in [5, 5.41) is 22.8. The Hall–Kier alpha value is -1.93. The van der Waals surface area contributed by atoms with Crippen molar-refractivity contribution in [2.45, 2.75) is 31.7 Å². The quantitative estimate of drug-likeness (QED) is 0.591. The molecule has 0 saturated heterocycles. The number of hydrogen-bond donors (Lipinski definition) is 2. The maximum atomic E-state index is 14.4. The van der Waals surface area contributed by atoms with Crippen LogP contribution in [0.25, 0.3) is 0 Å². The van der Waals surface area contributed by atoms with E-state index in [0.29, 0.717) is 21.8 Å². The van der Waals surface area contributed by atoms with Gasteiger partial charge in [-0.15, -0.1) is 0 Å². The Labute approximate surface area is 149 Å². The van der Waals surface area contributed by atoms with Gasteiger partial charge in [-0.05, 0) is 13.8 Å². The van der Waals surface area contributed by atoms with Crippen LogP contribution in [0.1, 0.15) is 13.8 Å². The zero-order chi connectivity index (χ0) is 18.6. The molecule has 0 saturated carbocycles. The maximum Gasteiger partial charge on any atom is 0.151 e. The third-order valence-electron chi connectivity index (χ3n) is 4.36. The molecule has 2 aromatic carbocycles. The first-order valence-electron chi connectivity index (χ1n) is 8.18. The Morgan fingerprint density at radius 2 is 1.12 bits per heavy atom. The summed E-state index contributed by atoms with van der Waals surface area (Å²) in [4.78, 5) is 0. The number of benzene rings is 2. The molecule has 4 heteroatoms. The van der Waals surface area contributed by atoms with Crippen LogP contribution in [0.15, 0.2) is 85.0 Å². The molecule has 2 atom stereocenters. The first-order valence-corrected chi connectivity index (χ1v) is 9.95. The van der Waals surface area contributed by atoms with Gasteiger partial charge in [0, 0.05) is 10.6 Å². The first kappa shape index (κ1) is 19.4. The second-order valence-corrected chi connectivity index (χ2v) is 9.35. The third-order valence-corrected chi connectivity index (χ3v) is 7.89. The molecule has 0 aliphatic carbocycles. The van der Waals surface area contributed by atoms with Gasteiger partial charge in [0.15, 0.2) is 7.14 Å². The standard InChI is InChI=1S/C21H25O3P/c1-15(2)19(22)21(20(23)16(3)4)25(24,17-11-7-5-8-12-17)18-13-9-6-10-14-18/h5-14,19-23H,1,3H2,2,4H3/t19-,20-/m0/s1. The smallest absolute Gasteiger partial charge is 0.151 e. The van der Waals surface area contributed by atoms with Gasteiger partial charge < -0.3 is 14.8 Å². The van der Waals surface area contributed by atoms with Gasteiger partial charge in [-0.3, -0.25) is 0 Å². The van der Waals surface area contributed by atoms with Crippen molar-refractivity contribution in [3.05, 3.63) is 85.0 Å². The molecule has 0 unspecified atom stereocenters. The molecule has 2 rings (SSSR count). The molecule has 0 fully saturated rings. The van der Waals surface area contributed by atoms with Gasteiger partial charge in [-0.2, -0.15) is 0 Å². The van der Waals surface area contributed by atoms with Gasteiger partial charge in [-0.1, -0.05) is 85.0 Å². The fourth-order valence-electron chi connectivity index (χ4n) is 2.95. The second kappa shape index (κ2) is 7.97. The molecule has 0 amide bonds. The highest BCUT2D eigenvalue weighted by atomic mass is 31.2. The highest BCUT2D eigenvalue weighted by Crippen LogP contribution is 2.52. The van der Waals surface area contributed by atoms with Gasteiger partial charge in [-0.25, -0.2) is 0 Å². The molecule has 0 radical (unpaired) electrons. The van der Waals surface area contributed by atoms with Crippen LogP contribution in [0.4, 0.5) is 0 Å². The molecule has 0 heterocycles. The molecule has 2 aromatic rings. The van der Waals surface area contributed by atoms with Crippen molar-refractivity contribution in [1.82, 2.24) is 0 Å². The SMILES string of the molecule is C=C(C)[C@H](O)C([C@@H](O)C(=C)C)P(=O)(c1ccccc1)c1ccccc1. The second-order valence-electron chi connectivity index (χ2n) is 6.40. The molecule has 25 heavy (non-hydrogen) atoms. The van der Waals surface area contributed by atoms with Crippen molar-refractivity contribution >= 4 is 17.8 Å². The lowest BCUT2D eigenvalue weighted by atomic mass is 10.0. The normalized spacial score (nSPS) is 14.1. The maximum absolute atomic E-state index is 14.4. The van der Waals surface area contributed by atoms with Gasteiger partial charge in [0.05, 0.1) is 17.9 Å². The lowest BCUT2D eigenvalue weighted by molar-refractivity contribution is 0.124. The van der Waals surface area contributed by atoms with Crippen LogP contribution in [-0.2, 0) is 4.57 Å². The van der Waals surface area contributed by atoms with E-state index >= 15 is 0 Å². The predicted octanol–water partition coefficient (Wildman–Crippen LogP) is 3.24. The number of aliphatic hydroxyl groups is 2. The van der Waals surface area contributed by atoms with E-state index in [9.17, 15) is 14.8 Å². The molecule has 0 aliphatic heterocycles. The zero-order valence-electron chi connectivity index (χ0n) is 14.7. The Balaban J connectivity index is 2.77. The highest BCUT2D eigenvalue weighted by Gasteiger charge is 2.45. The van der Waals surface area contributed by atoms with Crippen molar-refractivity contribution in [3.63, 3.8) is 0 Å². The van der Waals surface area contributed by atoms with Crippen LogP contribution < -0.4 is 10.6 Å². The third kappa shape index (κ3) is 3.85. The minimum Gasteiger partial charge on any atom is -0.388 e. The number of aliphatic hydroxyl groups excluding tert-OH is 2. The average Bonchev–Trinajstić information content (AvgIpc) is 2.62. The Morgan fingerprint density at radius 3 is 1.40 bits per heavy atom. The summed E-state index contributed by atoms with van der Waals surface area (Å²) < 4.78 is 14.4. The Kier molecular flexibility index (Phi) is 6.18. The number of hydrogen-bond acceptors (Lipinski definition) is 3. The summed E-state index contributed by atoms with van der Waals surface area (Å²) in [6.45, 7) is 11.0. The van der Waals surface area contributed by atoms with E-state index in [-0.39, 0.29) is 0 Å². The highest BCUT2D eigenvalue weighted by molar-refractivity contribution is 7.79. The zero-order valence-corrected chi connectivity index (χ0v) is 15.6. The summed E-state index contributed by atoms with van der Waals surface area (Å²) >= 11 is 0. The topological polar surface area (TPSA) is 57.5 Å². The molecule has 2 N–H and O–H groups in total. The molecular formula is C21H25O3P. The Bertz CT molecular complexity index is 720. The van der Waals surface area contributed by atoms with Crippen molar-refractivity contribution in [2.75, 3.05) is 0 Å². The fourth-order valence-corrected chi connectivity index (χ4v) is 6.47. The fraction of sp³-hybridized carbons (Fsp3) is 0.238. The van der Waals surface area contributed by atoms with Crippen molar-refractivity contribution in [2.24, 2.45) is 0 Å². The lowest BCUT2D eigenvalue weighted by Crippen LogP contribution is -2.43. The minimum absolute atomic E-state index is 0.456. The first-order chi connectivity index (χ1) is 11.8. The van der Waals surface area contributed by atoms with Crippen LogP contribution in [0.5, 0.6) is 0 Å². The summed E-state index contributed by atoms with van der Waals surface area (Å²) in [6.07, 6.45) is -2.25. The van der Waals surface area contributed by atoms with E-state index in [1.807, 2.05) is 36.4 Å². The summed E-state index contributed by atoms with van der Waals surface area (Å²) in [7, 11) is -3.38. The monoisotopic (exact) mass is 356 g/mol. The Morgan fingerprint density at radius 1 is 0.800 bits per heavy atom. The molecule has 3 nitrogen and oxygen atoms in total. The largest absolute Gasteiger partial charge is 0.388 e. The summed E-state index contributed by atoms with van der Waals surface area (Å²) in [5.74, 6) is 0. The van der Waals surface area contributed by atoms with E-state index in [1.54, 1.807) is 38.1 Å². The van der Waals surface area contributed by atoms with E-state index in [2.05, 4.69) is 13.2 Å². The van der Waals surface area contributed by atoms with Crippen molar-refractivity contribution in [3.8, 4) is 0 Å². The average molecular weight is 356 g/mol. The van der Waals surface area contributed by atoms with Gasteiger partial charge in [0.25, 0.3) is 0 Å². The van der Waals surface area contributed by atoms with Crippen LogP contribution in [0.3, 0.4) is 0 Å². The molecule has 0 spiro atoms. The van der Waals surface area contributed by atoms with Gasteiger partial charge in [0.1, 0.15) is 0 Å². The molecule has 0 aliphatic rings. The predicted molar refractivity (Wildman–Crippen MR) is 105 cm³/mol. The minimum atomic E-state index is -3.38. The van der Waals surface area contributed by atoms with Gasteiger partial charge in [0.2, 0.25) is 0 Å².